The lowest BCUT2D eigenvalue weighted by atomic mass is 10.3. The highest BCUT2D eigenvalue weighted by atomic mass is 32.1. The summed E-state index contributed by atoms with van der Waals surface area (Å²) in [6.45, 7) is 8.83. The van der Waals surface area contributed by atoms with Gasteiger partial charge >= 0.3 is 0 Å². The van der Waals surface area contributed by atoms with E-state index >= 15 is 0 Å². The van der Waals surface area contributed by atoms with Crippen LogP contribution in [0.15, 0.2) is 6.20 Å². The second-order valence-corrected chi connectivity index (χ2v) is 5.72. The third kappa shape index (κ3) is 5.28. The number of rotatable bonds is 6. The zero-order valence-corrected chi connectivity index (χ0v) is 11.7. The SMILES string of the molecule is Cc1cnc(C(C)NC(=O)CCNC(C)C)s1. The molecule has 0 aliphatic rings. The molecule has 1 atom stereocenters. The van der Waals surface area contributed by atoms with Crippen LogP contribution >= 0.6 is 11.3 Å². The van der Waals surface area contributed by atoms with Crippen molar-refractivity contribution in [1.29, 1.82) is 0 Å². The van der Waals surface area contributed by atoms with Crippen LogP contribution in [-0.2, 0) is 4.79 Å². The molecule has 0 saturated heterocycles. The molecule has 1 amide bonds. The maximum absolute atomic E-state index is 11.6. The highest BCUT2D eigenvalue weighted by molar-refractivity contribution is 7.11. The van der Waals surface area contributed by atoms with Gasteiger partial charge in [0.2, 0.25) is 5.91 Å². The van der Waals surface area contributed by atoms with Crippen molar-refractivity contribution in [2.75, 3.05) is 6.54 Å². The van der Waals surface area contributed by atoms with Gasteiger partial charge in [0.05, 0.1) is 6.04 Å². The Labute approximate surface area is 107 Å². The maximum Gasteiger partial charge on any atom is 0.221 e. The van der Waals surface area contributed by atoms with E-state index in [1.54, 1.807) is 11.3 Å². The maximum atomic E-state index is 11.6. The number of nitrogens with one attached hydrogen (secondary N) is 2. The van der Waals surface area contributed by atoms with Gasteiger partial charge in [0.15, 0.2) is 0 Å². The summed E-state index contributed by atoms with van der Waals surface area (Å²) in [5.74, 6) is 0.0681. The van der Waals surface area contributed by atoms with E-state index in [0.29, 0.717) is 19.0 Å². The summed E-state index contributed by atoms with van der Waals surface area (Å²) in [6.07, 6.45) is 2.34. The fraction of sp³-hybridized carbons (Fsp3) is 0.667. The molecule has 0 radical (unpaired) electrons. The van der Waals surface area contributed by atoms with Gasteiger partial charge in [0.1, 0.15) is 5.01 Å². The van der Waals surface area contributed by atoms with Crippen LogP contribution in [0.5, 0.6) is 0 Å². The molecule has 2 N–H and O–H groups in total. The van der Waals surface area contributed by atoms with E-state index in [2.05, 4.69) is 29.5 Å². The summed E-state index contributed by atoms with van der Waals surface area (Å²) in [7, 11) is 0. The van der Waals surface area contributed by atoms with Crippen molar-refractivity contribution in [2.24, 2.45) is 0 Å². The quantitative estimate of drug-likeness (QED) is 0.817. The third-order valence-electron chi connectivity index (χ3n) is 2.29. The summed E-state index contributed by atoms with van der Waals surface area (Å²) < 4.78 is 0. The number of thiazole rings is 1. The zero-order chi connectivity index (χ0) is 12.8. The Balaban J connectivity index is 2.31. The highest BCUT2D eigenvalue weighted by Gasteiger charge is 2.12. The number of hydrogen-bond donors (Lipinski definition) is 2. The van der Waals surface area contributed by atoms with E-state index in [4.69, 9.17) is 0 Å². The van der Waals surface area contributed by atoms with Crippen molar-refractivity contribution in [3.8, 4) is 0 Å². The predicted molar refractivity (Wildman–Crippen MR) is 71.2 cm³/mol. The van der Waals surface area contributed by atoms with Crippen LogP contribution in [0.4, 0.5) is 0 Å². The van der Waals surface area contributed by atoms with E-state index in [1.165, 1.54) is 4.88 Å². The molecule has 1 aromatic heterocycles. The first-order chi connectivity index (χ1) is 7.99. The Kier molecular flexibility index (Phi) is 5.58. The number of hydrogen-bond acceptors (Lipinski definition) is 4. The Morgan fingerprint density at radius 1 is 1.47 bits per heavy atom. The van der Waals surface area contributed by atoms with E-state index in [9.17, 15) is 4.79 Å². The summed E-state index contributed by atoms with van der Waals surface area (Å²) >= 11 is 1.63. The minimum absolute atomic E-state index is 0.000231. The van der Waals surface area contributed by atoms with Crippen LogP contribution in [-0.4, -0.2) is 23.5 Å². The van der Waals surface area contributed by atoms with Crippen LogP contribution in [0, 0.1) is 6.92 Å². The first kappa shape index (κ1) is 14.1. The second kappa shape index (κ2) is 6.71. The summed E-state index contributed by atoms with van der Waals surface area (Å²) in [5, 5.41) is 7.14. The summed E-state index contributed by atoms with van der Waals surface area (Å²) in [6, 6.07) is 0.419. The molecular weight excluding hydrogens is 234 g/mol. The molecule has 0 saturated carbocycles. The van der Waals surface area contributed by atoms with Crippen molar-refractivity contribution < 1.29 is 4.79 Å². The first-order valence-electron chi connectivity index (χ1n) is 5.94. The Bertz CT molecular complexity index is 362. The molecule has 0 fully saturated rings. The van der Waals surface area contributed by atoms with Gasteiger partial charge in [-0.1, -0.05) is 13.8 Å². The van der Waals surface area contributed by atoms with Crippen LogP contribution in [0.2, 0.25) is 0 Å². The number of aryl methyl sites for hydroxylation is 1. The lowest BCUT2D eigenvalue weighted by Gasteiger charge is -2.12. The van der Waals surface area contributed by atoms with Crippen molar-refractivity contribution >= 4 is 17.2 Å². The largest absolute Gasteiger partial charge is 0.347 e. The molecule has 0 aliphatic heterocycles. The molecule has 1 heterocycles. The number of amides is 1. The van der Waals surface area contributed by atoms with Crippen molar-refractivity contribution in [3.63, 3.8) is 0 Å². The molecule has 4 nitrogen and oxygen atoms in total. The average molecular weight is 255 g/mol. The van der Waals surface area contributed by atoms with Crippen molar-refractivity contribution in [1.82, 2.24) is 15.6 Å². The molecule has 96 valence electrons. The van der Waals surface area contributed by atoms with E-state index < -0.39 is 0 Å². The van der Waals surface area contributed by atoms with Gasteiger partial charge in [0, 0.05) is 30.1 Å². The molecule has 17 heavy (non-hydrogen) atoms. The molecule has 0 bridgehead atoms. The van der Waals surface area contributed by atoms with E-state index in [1.807, 2.05) is 20.0 Å². The van der Waals surface area contributed by atoms with Crippen LogP contribution in [0.3, 0.4) is 0 Å². The van der Waals surface area contributed by atoms with Crippen LogP contribution in [0.25, 0.3) is 0 Å². The predicted octanol–water partition coefficient (Wildman–Crippen LogP) is 2.02. The van der Waals surface area contributed by atoms with Crippen molar-refractivity contribution in [2.45, 2.75) is 46.2 Å². The lowest BCUT2D eigenvalue weighted by molar-refractivity contribution is -0.121. The fourth-order valence-electron chi connectivity index (χ4n) is 1.42. The van der Waals surface area contributed by atoms with E-state index in [0.717, 1.165) is 5.01 Å². The van der Waals surface area contributed by atoms with Crippen molar-refractivity contribution in [3.05, 3.63) is 16.1 Å². The third-order valence-corrected chi connectivity index (χ3v) is 3.39. The number of carbonyl (C=O) groups is 1. The van der Waals surface area contributed by atoms with Crippen LogP contribution in [0.1, 0.15) is 43.1 Å². The van der Waals surface area contributed by atoms with Gasteiger partial charge in [-0.15, -0.1) is 11.3 Å². The monoisotopic (exact) mass is 255 g/mol. The minimum atomic E-state index is 0.000231. The van der Waals surface area contributed by atoms with Gasteiger partial charge in [-0.25, -0.2) is 4.98 Å². The average Bonchev–Trinajstić information content (AvgIpc) is 2.64. The number of nitrogens with zero attached hydrogens (tertiary/aromatic N) is 1. The summed E-state index contributed by atoms with van der Waals surface area (Å²) in [5.41, 5.74) is 0. The molecule has 1 rings (SSSR count). The molecule has 1 unspecified atom stereocenters. The zero-order valence-electron chi connectivity index (χ0n) is 10.9. The second-order valence-electron chi connectivity index (χ2n) is 4.46. The van der Waals surface area contributed by atoms with Crippen LogP contribution < -0.4 is 10.6 Å². The van der Waals surface area contributed by atoms with E-state index in [-0.39, 0.29) is 11.9 Å². The number of carbonyl (C=O) groups excluding carboxylic acids is 1. The van der Waals surface area contributed by atoms with Gasteiger partial charge in [-0.05, 0) is 13.8 Å². The molecule has 0 spiro atoms. The molecule has 1 aromatic rings. The summed E-state index contributed by atoms with van der Waals surface area (Å²) in [4.78, 5) is 17.1. The minimum Gasteiger partial charge on any atom is -0.347 e. The molecular formula is C12H21N3OS. The standard InChI is InChI=1S/C12H21N3OS/c1-8(2)13-6-5-11(16)15-10(4)12-14-7-9(3)17-12/h7-8,10,13H,5-6H2,1-4H3,(H,15,16). The smallest absolute Gasteiger partial charge is 0.221 e. The lowest BCUT2D eigenvalue weighted by Crippen LogP contribution is -2.31. The fourth-order valence-corrected chi connectivity index (χ4v) is 2.20. The molecule has 0 aliphatic carbocycles. The van der Waals surface area contributed by atoms with Gasteiger partial charge < -0.3 is 10.6 Å². The Morgan fingerprint density at radius 2 is 2.18 bits per heavy atom. The van der Waals surface area contributed by atoms with Gasteiger partial charge in [-0.3, -0.25) is 4.79 Å². The van der Waals surface area contributed by atoms with Gasteiger partial charge in [0.25, 0.3) is 0 Å². The number of aromatic nitrogens is 1. The Morgan fingerprint density at radius 3 is 2.71 bits per heavy atom. The normalized spacial score (nSPS) is 12.8. The van der Waals surface area contributed by atoms with Gasteiger partial charge in [-0.2, -0.15) is 0 Å². The highest BCUT2D eigenvalue weighted by Crippen LogP contribution is 2.18. The molecule has 5 heteroatoms. The first-order valence-corrected chi connectivity index (χ1v) is 6.75. The topological polar surface area (TPSA) is 54.0 Å². The Hall–Kier alpha value is -0.940. The molecule has 0 aromatic carbocycles.